The van der Waals surface area contributed by atoms with Crippen molar-refractivity contribution in [3.8, 4) is 0 Å². The largest absolute Gasteiger partial charge is 0.465 e. The first-order valence-electron chi connectivity index (χ1n) is 5.95. The summed E-state index contributed by atoms with van der Waals surface area (Å²) in [7, 11) is 0. The first-order chi connectivity index (χ1) is 8.52. The van der Waals surface area contributed by atoms with Crippen molar-refractivity contribution >= 4 is 17.5 Å². The number of hydrogen-bond acceptors (Lipinski definition) is 6. The summed E-state index contributed by atoms with van der Waals surface area (Å²) in [4.78, 5) is 32.3. The summed E-state index contributed by atoms with van der Waals surface area (Å²) in [5, 5.41) is 2.88. The average Bonchev–Trinajstić information content (AvgIpc) is 2.27. The predicted molar refractivity (Wildman–Crippen MR) is 65.2 cm³/mol. The first kappa shape index (κ1) is 16.7. The predicted octanol–water partition coefficient (Wildman–Crippen LogP) is 0.0940. The van der Waals surface area contributed by atoms with Crippen LogP contribution >= 0.6 is 0 Å². The lowest BCUT2D eigenvalue weighted by atomic mass is 10.2. The molecular formula is C12H21NO5. The first-order valence-corrected chi connectivity index (χ1v) is 5.95. The van der Waals surface area contributed by atoms with Crippen LogP contribution in [0.3, 0.4) is 0 Å². The van der Waals surface area contributed by atoms with Crippen molar-refractivity contribution in [2.75, 3.05) is 32.9 Å². The molecule has 104 valence electrons. The minimum Gasteiger partial charge on any atom is -0.465 e. The molecule has 0 amide bonds. The van der Waals surface area contributed by atoms with Gasteiger partial charge in [0.05, 0.1) is 6.54 Å². The van der Waals surface area contributed by atoms with Gasteiger partial charge in [-0.25, -0.2) is 0 Å². The molecule has 0 spiro atoms. The highest BCUT2D eigenvalue weighted by atomic mass is 16.5. The maximum Gasteiger partial charge on any atom is 0.302 e. The zero-order valence-corrected chi connectivity index (χ0v) is 11.0. The van der Waals surface area contributed by atoms with Crippen molar-refractivity contribution in [3.05, 3.63) is 0 Å². The van der Waals surface area contributed by atoms with Gasteiger partial charge < -0.3 is 14.8 Å². The molecule has 0 heterocycles. The van der Waals surface area contributed by atoms with E-state index in [0.29, 0.717) is 26.0 Å². The molecule has 6 heteroatoms. The standard InChI is InChI=1S/C12H21NO5/c1-10(14)9-17-6-3-4-12(16)8-13-5-7-18-11(2)15/h13H,3-9H2,1-2H3. The Kier molecular flexibility index (Phi) is 10.1. The van der Waals surface area contributed by atoms with E-state index in [0.717, 1.165) is 0 Å². The van der Waals surface area contributed by atoms with Crippen molar-refractivity contribution in [1.29, 1.82) is 0 Å². The smallest absolute Gasteiger partial charge is 0.302 e. The molecule has 0 bridgehead atoms. The van der Waals surface area contributed by atoms with E-state index >= 15 is 0 Å². The molecule has 0 aliphatic heterocycles. The second-order valence-electron chi connectivity index (χ2n) is 3.91. The second kappa shape index (κ2) is 10.9. The highest BCUT2D eigenvalue weighted by molar-refractivity contribution is 5.80. The van der Waals surface area contributed by atoms with Gasteiger partial charge in [0.1, 0.15) is 19.0 Å². The fourth-order valence-electron chi connectivity index (χ4n) is 1.17. The van der Waals surface area contributed by atoms with Gasteiger partial charge >= 0.3 is 5.97 Å². The monoisotopic (exact) mass is 259 g/mol. The van der Waals surface area contributed by atoms with Crippen LogP contribution in [-0.2, 0) is 23.9 Å². The number of carbonyl (C=O) groups excluding carboxylic acids is 3. The molecule has 0 radical (unpaired) electrons. The molecule has 0 aliphatic carbocycles. The summed E-state index contributed by atoms with van der Waals surface area (Å²) in [6, 6.07) is 0. The molecule has 1 N–H and O–H groups in total. The van der Waals surface area contributed by atoms with E-state index in [1.807, 2.05) is 0 Å². The number of rotatable bonds is 11. The van der Waals surface area contributed by atoms with Crippen LogP contribution in [0.1, 0.15) is 26.7 Å². The van der Waals surface area contributed by atoms with Gasteiger partial charge in [-0.3, -0.25) is 14.4 Å². The Morgan fingerprint density at radius 1 is 1.11 bits per heavy atom. The Bertz CT molecular complexity index is 252. The van der Waals surface area contributed by atoms with E-state index in [1.165, 1.54) is 13.8 Å². The number of ketones is 2. The van der Waals surface area contributed by atoms with E-state index in [4.69, 9.17) is 9.47 Å². The van der Waals surface area contributed by atoms with E-state index < -0.39 is 0 Å². The number of carbonyl (C=O) groups is 3. The third kappa shape index (κ3) is 12.8. The fourth-order valence-corrected chi connectivity index (χ4v) is 1.17. The van der Waals surface area contributed by atoms with E-state index in [2.05, 4.69) is 5.32 Å². The van der Waals surface area contributed by atoms with E-state index in [1.54, 1.807) is 0 Å². The van der Waals surface area contributed by atoms with Gasteiger partial charge in [0, 0.05) is 26.5 Å². The lowest BCUT2D eigenvalue weighted by Crippen LogP contribution is -2.27. The highest BCUT2D eigenvalue weighted by Gasteiger charge is 2.02. The van der Waals surface area contributed by atoms with Gasteiger partial charge in [-0.1, -0.05) is 0 Å². The van der Waals surface area contributed by atoms with E-state index in [-0.39, 0.29) is 37.3 Å². The zero-order chi connectivity index (χ0) is 13.8. The van der Waals surface area contributed by atoms with Crippen molar-refractivity contribution in [2.45, 2.75) is 26.7 Å². The fraction of sp³-hybridized carbons (Fsp3) is 0.750. The second-order valence-corrected chi connectivity index (χ2v) is 3.91. The molecule has 0 aromatic carbocycles. The lowest BCUT2D eigenvalue weighted by Gasteiger charge is -2.05. The molecule has 0 rings (SSSR count). The summed E-state index contributed by atoms with van der Waals surface area (Å²) in [5.74, 6) is -0.275. The maximum atomic E-state index is 11.3. The van der Waals surface area contributed by atoms with Gasteiger partial charge in [0.15, 0.2) is 5.78 Å². The van der Waals surface area contributed by atoms with Crippen molar-refractivity contribution in [3.63, 3.8) is 0 Å². The molecule has 0 saturated carbocycles. The number of nitrogens with one attached hydrogen (secondary N) is 1. The van der Waals surface area contributed by atoms with Crippen LogP contribution in [0, 0.1) is 0 Å². The van der Waals surface area contributed by atoms with Crippen LogP contribution in [0.2, 0.25) is 0 Å². The SMILES string of the molecule is CC(=O)COCCCC(=O)CNCCOC(C)=O. The highest BCUT2D eigenvalue weighted by Crippen LogP contribution is 1.92. The molecule has 0 unspecified atom stereocenters. The Hall–Kier alpha value is -1.27. The Balaban J connectivity index is 3.27. The summed E-state index contributed by atoms with van der Waals surface area (Å²) in [5.41, 5.74) is 0. The summed E-state index contributed by atoms with van der Waals surface area (Å²) >= 11 is 0. The number of esters is 1. The summed E-state index contributed by atoms with van der Waals surface area (Å²) < 4.78 is 9.73. The molecule has 0 atom stereocenters. The van der Waals surface area contributed by atoms with Crippen LogP contribution in [0.5, 0.6) is 0 Å². The summed E-state index contributed by atoms with van der Waals surface area (Å²) in [6.07, 6.45) is 1.02. The Labute approximate surface area is 107 Å². The Morgan fingerprint density at radius 2 is 1.83 bits per heavy atom. The van der Waals surface area contributed by atoms with Crippen LogP contribution in [0.4, 0.5) is 0 Å². The zero-order valence-electron chi connectivity index (χ0n) is 11.0. The molecule has 0 fully saturated rings. The van der Waals surface area contributed by atoms with Crippen molar-refractivity contribution in [1.82, 2.24) is 5.32 Å². The number of Topliss-reactive ketones (excluding diaryl/α,β-unsaturated/α-hetero) is 2. The van der Waals surface area contributed by atoms with Crippen LogP contribution < -0.4 is 5.32 Å². The van der Waals surface area contributed by atoms with E-state index in [9.17, 15) is 14.4 Å². The minimum atomic E-state index is -0.328. The van der Waals surface area contributed by atoms with Gasteiger partial charge in [0.25, 0.3) is 0 Å². The van der Waals surface area contributed by atoms with Crippen molar-refractivity contribution in [2.24, 2.45) is 0 Å². The topological polar surface area (TPSA) is 81.7 Å². The molecule has 0 saturated heterocycles. The number of ether oxygens (including phenoxy) is 2. The Morgan fingerprint density at radius 3 is 2.44 bits per heavy atom. The van der Waals surface area contributed by atoms with Crippen LogP contribution in [-0.4, -0.2) is 50.4 Å². The molecule has 0 aliphatic rings. The van der Waals surface area contributed by atoms with Gasteiger partial charge in [0.2, 0.25) is 0 Å². The summed E-state index contributed by atoms with van der Waals surface area (Å²) in [6.45, 7) is 4.31. The molecule has 0 aromatic rings. The minimum absolute atomic E-state index is 0.0199. The van der Waals surface area contributed by atoms with Crippen LogP contribution in [0.15, 0.2) is 0 Å². The molecular weight excluding hydrogens is 238 g/mol. The lowest BCUT2D eigenvalue weighted by molar-refractivity contribution is -0.140. The van der Waals surface area contributed by atoms with Gasteiger partial charge in [-0.2, -0.15) is 0 Å². The third-order valence-electron chi connectivity index (χ3n) is 1.96. The normalized spacial score (nSPS) is 10.1. The molecule has 18 heavy (non-hydrogen) atoms. The molecule has 0 aromatic heterocycles. The van der Waals surface area contributed by atoms with Gasteiger partial charge in [-0.15, -0.1) is 0 Å². The quantitative estimate of drug-likeness (QED) is 0.418. The maximum absolute atomic E-state index is 11.3. The van der Waals surface area contributed by atoms with Crippen molar-refractivity contribution < 1.29 is 23.9 Å². The number of hydrogen-bond donors (Lipinski definition) is 1. The average molecular weight is 259 g/mol. The third-order valence-corrected chi connectivity index (χ3v) is 1.96. The van der Waals surface area contributed by atoms with Crippen LogP contribution in [0.25, 0.3) is 0 Å². The molecule has 6 nitrogen and oxygen atoms in total. The van der Waals surface area contributed by atoms with Gasteiger partial charge in [-0.05, 0) is 13.3 Å².